The third kappa shape index (κ3) is 5.84. The van der Waals surface area contributed by atoms with Gasteiger partial charge >= 0.3 is 5.97 Å². The molecule has 0 heterocycles. The predicted octanol–water partition coefficient (Wildman–Crippen LogP) is 5.55. The third-order valence-electron chi connectivity index (χ3n) is 5.28. The molecule has 0 bridgehead atoms. The molecule has 0 spiro atoms. The Morgan fingerprint density at radius 3 is 2.00 bits per heavy atom. The van der Waals surface area contributed by atoms with Gasteiger partial charge in [0.2, 0.25) is 0 Å². The highest BCUT2D eigenvalue weighted by Crippen LogP contribution is 2.50. The summed E-state index contributed by atoms with van der Waals surface area (Å²) in [6.45, 7) is 18.0. The summed E-state index contributed by atoms with van der Waals surface area (Å²) in [4.78, 5) is 12.8. The monoisotopic (exact) mass is 316 g/mol. The lowest BCUT2D eigenvalue weighted by molar-refractivity contribution is -0.165. The lowest BCUT2D eigenvalue weighted by atomic mass is 9.58. The van der Waals surface area contributed by atoms with Gasteiger partial charge in [-0.1, -0.05) is 54.9 Å². The number of hydrogen-bond donors (Lipinski definition) is 0. The van der Waals surface area contributed by atoms with Crippen LogP contribution in [0.1, 0.15) is 74.7 Å². The van der Waals surface area contributed by atoms with Crippen molar-refractivity contribution in [2.45, 2.75) is 74.7 Å². The maximum Gasteiger partial charge on any atom is 0.312 e. The predicted molar refractivity (Wildman–Crippen MR) is 94.8 cm³/mol. The Morgan fingerprint density at radius 2 is 1.57 bits per heavy atom. The van der Waals surface area contributed by atoms with Gasteiger partial charge in [-0.15, -0.1) is 0 Å². The molecule has 1 unspecified atom stereocenters. The first kappa shape index (κ1) is 20.8. The van der Waals surface area contributed by atoms with Crippen LogP contribution in [0.3, 0.4) is 0 Å². The van der Waals surface area contributed by atoms with Crippen molar-refractivity contribution in [1.82, 2.24) is 0 Å². The lowest BCUT2D eigenvalue weighted by Gasteiger charge is -2.45. The average molecular weight is 317 g/mol. The van der Waals surface area contributed by atoms with Gasteiger partial charge in [-0.2, -0.15) is 11.8 Å². The van der Waals surface area contributed by atoms with Gasteiger partial charge < -0.3 is 4.74 Å². The van der Waals surface area contributed by atoms with Crippen LogP contribution in [0.15, 0.2) is 0 Å². The van der Waals surface area contributed by atoms with Crippen molar-refractivity contribution in [3.63, 3.8) is 0 Å². The van der Waals surface area contributed by atoms with Crippen molar-refractivity contribution in [1.29, 1.82) is 0 Å². The molecule has 3 heteroatoms. The first-order chi connectivity index (χ1) is 9.56. The Morgan fingerprint density at radius 1 is 1.00 bits per heavy atom. The van der Waals surface area contributed by atoms with E-state index >= 15 is 0 Å². The summed E-state index contributed by atoms with van der Waals surface area (Å²) in [7, 11) is 0. The number of ether oxygens (including phenoxy) is 1. The van der Waals surface area contributed by atoms with Crippen LogP contribution in [0.5, 0.6) is 0 Å². The van der Waals surface area contributed by atoms with Gasteiger partial charge in [0.1, 0.15) is 6.61 Å². The molecule has 1 atom stereocenters. The number of esters is 1. The van der Waals surface area contributed by atoms with E-state index in [1.807, 2.05) is 11.8 Å². The summed E-state index contributed by atoms with van der Waals surface area (Å²) in [5.74, 6) is 1.94. The van der Waals surface area contributed by atoms with Gasteiger partial charge in [-0.05, 0) is 36.3 Å². The van der Waals surface area contributed by atoms with Crippen molar-refractivity contribution in [2.75, 3.05) is 18.1 Å². The minimum atomic E-state index is -0.432. The van der Waals surface area contributed by atoms with Crippen molar-refractivity contribution >= 4 is 17.7 Å². The van der Waals surface area contributed by atoms with E-state index in [0.717, 1.165) is 30.8 Å². The van der Waals surface area contributed by atoms with Gasteiger partial charge in [-0.3, -0.25) is 4.79 Å². The Hall–Kier alpha value is -0.180. The van der Waals surface area contributed by atoms with E-state index in [2.05, 4.69) is 55.4 Å². The number of carbonyl (C=O) groups excluding carboxylic acids is 1. The minimum absolute atomic E-state index is 0.0208. The van der Waals surface area contributed by atoms with Crippen LogP contribution in [0.2, 0.25) is 0 Å². The topological polar surface area (TPSA) is 26.3 Å². The van der Waals surface area contributed by atoms with E-state index in [-0.39, 0.29) is 16.8 Å². The fraction of sp³-hybridized carbons (Fsp3) is 0.944. The second-order valence-corrected chi connectivity index (χ2v) is 8.99. The van der Waals surface area contributed by atoms with Crippen LogP contribution in [0.4, 0.5) is 0 Å². The standard InChI is InChI=1S/C18H36O2S/c1-9-16(4,5)14-18(8,17(6,7)10-2)15(19)20-12-13-21-11-3/h9-14H2,1-8H3. The number of thioether (sulfide) groups is 1. The van der Waals surface area contributed by atoms with Crippen LogP contribution in [-0.4, -0.2) is 24.1 Å². The maximum atomic E-state index is 12.8. The molecule has 0 fully saturated rings. The molecule has 0 aromatic carbocycles. The summed E-state index contributed by atoms with van der Waals surface area (Å²) in [6.07, 6.45) is 2.92. The van der Waals surface area contributed by atoms with Crippen LogP contribution in [0, 0.1) is 16.2 Å². The molecule has 0 aliphatic carbocycles. The second kappa shape index (κ2) is 8.45. The molecule has 0 saturated carbocycles. The second-order valence-electron chi connectivity index (χ2n) is 7.60. The number of hydrogen-bond acceptors (Lipinski definition) is 3. The summed E-state index contributed by atoms with van der Waals surface area (Å²) in [6, 6.07) is 0. The Labute approximate surface area is 136 Å². The van der Waals surface area contributed by atoms with E-state index in [9.17, 15) is 4.79 Å². The van der Waals surface area contributed by atoms with Gasteiger partial charge in [0, 0.05) is 5.75 Å². The molecule has 21 heavy (non-hydrogen) atoms. The molecule has 2 nitrogen and oxygen atoms in total. The van der Waals surface area contributed by atoms with Crippen LogP contribution < -0.4 is 0 Å². The Kier molecular flexibility index (Phi) is 8.38. The molecule has 126 valence electrons. The van der Waals surface area contributed by atoms with Crippen LogP contribution >= 0.6 is 11.8 Å². The normalized spacial score (nSPS) is 15.6. The van der Waals surface area contributed by atoms with Crippen molar-refractivity contribution in [3.05, 3.63) is 0 Å². The first-order valence-electron chi connectivity index (χ1n) is 8.31. The molecule has 0 aromatic rings. The molecular formula is C18H36O2S. The average Bonchev–Trinajstić information content (AvgIpc) is 2.42. The lowest BCUT2D eigenvalue weighted by Crippen LogP contribution is -2.46. The van der Waals surface area contributed by atoms with E-state index in [1.54, 1.807) is 0 Å². The smallest absolute Gasteiger partial charge is 0.312 e. The van der Waals surface area contributed by atoms with Crippen LogP contribution in [-0.2, 0) is 9.53 Å². The summed E-state index contributed by atoms with van der Waals surface area (Å²) < 4.78 is 5.63. The molecule has 0 aliphatic rings. The Bertz CT molecular complexity index is 323. The molecule has 0 rings (SSSR count). The highest BCUT2D eigenvalue weighted by atomic mass is 32.2. The molecule has 0 aromatic heterocycles. The van der Waals surface area contributed by atoms with Crippen LogP contribution in [0.25, 0.3) is 0 Å². The van der Waals surface area contributed by atoms with Crippen molar-refractivity contribution in [3.8, 4) is 0 Å². The van der Waals surface area contributed by atoms with Gasteiger partial charge in [0.25, 0.3) is 0 Å². The maximum absolute atomic E-state index is 12.8. The number of rotatable bonds is 10. The zero-order valence-electron chi connectivity index (χ0n) is 15.5. The first-order valence-corrected chi connectivity index (χ1v) is 9.46. The molecule has 0 saturated heterocycles. The molecule has 0 radical (unpaired) electrons. The van der Waals surface area contributed by atoms with Gasteiger partial charge in [-0.25, -0.2) is 0 Å². The van der Waals surface area contributed by atoms with E-state index < -0.39 is 5.41 Å². The minimum Gasteiger partial charge on any atom is -0.464 e. The molecule has 0 N–H and O–H groups in total. The Balaban J connectivity index is 5.09. The highest BCUT2D eigenvalue weighted by Gasteiger charge is 2.49. The zero-order chi connectivity index (χ0) is 16.7. The van der Waals surface area contributed by atoms with E-state index in [0.29, 0.717) is 6.61 Å². The molecule has 0 aliphatic heterocycles. The summed E-state index contributed by atoms with van der Waals surface area (Å²) in [5.41, 5.74) is -0.342. The molecule has 0 amide bonds. The fourth-order valence-corrected chi connectivity index (χ4v) is 3.05. The zero-order valence-corrected chi connectivity index (χ0v) is 16.3. The molecular weight excluding hydrogens is 280 g/mol. The summed E-state index contributed by atoms with van der Waals surface area (Å²) in [5, 5.41) is 0. The SMILES string of the molecule is CCSCCOC(=O)C(C)(CC(C)(C)CC)C(C)(C)CC. The largest absolute Gasteiger partial charge is 0.464 e. The highest BCUT2D eigenvalue weighted by molar-refractivity contribution is 7.99. The van der Waals surface area contributed by atoms with E-state index in [1.165, 1.54) is 0 Å². The quantitative estimate of drug-likeness (QED) is 0.390. The van der Waals surface area contributed by atoms with Crippen molar-refractivity contribution in [2.24, 2.45) is 16.2 Å². The van der Waals surface area contributed by atoms with Crippen molar-refractivity contribution < 1.29 is 9.53 Å². The fourth-order valence-electron chi connectivity index (χ4n) is 2.56. The number of carbonyl (C=O) groups is 1. The summed E-state index contributed by atoms with van der Waals surface area (Å²) >= 11 is 1.81. The third-order valence-corrected chi connectivity index (χ3v) is 6.15. The van der Waals surface area contributed by atoms with Gasteiger partial charge in [0.15, 0.2) is 0 Å². The van der Waals surface area contributed by atoms with E-state index in [4.69, 9.17) is 4.74 Å². The van der Waals surface area contributed by atoms with Gasteiger partial charge in [0.05, 0.1) is 5.41 Å².